The lowest BCUT2D eigenvalue weighted by molar-refractivity contribution is 0.368. The summed E-state index contributed by atoms with van der Waals surface area (Å²) in [5, 5.41) is 3.16. The second-order valence-corrected chi connectivity index (χ2v) is 7.15. The maximum atomic E-state index is 12.0. The molecule has 96 valence electrons. The van der Waals surface area contributed by atoms with Crippen molar-refractivity contribution in [2.75, 3.05) is 11.5 Å². The molecule has 17 heavy (non-hydrogen) atoms. The van der Waals surface area contributed by atoms with Crippen LogP contribution in [0.25, 0.3) is 0 Å². The zero-order chi connectivity index (χ0) is 12.6. The molecule has 1 aliphatic heterocycles. The average molecular weight is 258 g/mol. The van der Waals surface area contributed by atoms with Gasteiger partial charge in [-0.1, -0.05) is 25.4 Å². The molecule has 1 aromatic rings. The molecule has 0 spiro atoms. The van der Waals surface area contributed by atoms with Crippen LogP contribution < -0.4 is 5.73 Å². The molecule has 0 radical (unpaired) electrons. The van der Waals surface area contributed by atoms with E-state index >= 15 is 0 Å². The predicted molar refractivity (Wildman–Crippen MR) is 65.4 cm³/mol. The summed E-state index contributed by atoms with van der Waals surface area (Å²) < 4.78 is 29.3. The number of nitrogen functional groups attached to an aromatic ring is 1. The van der Waals surface area contributed by atoms with Crippen LogP contribution in [0, 0.1) is 0 Å². The molecule has 1 aliphatic rings. The van der Waals surface area contributed by atoms with Crippen molar-refractivity contribution < 1.29 is 12.9 Å². The lowest BCUT2D eigenvalue weighted by Gasteiger charge is -2.21. The van der Waals surface area contributed by atoms with Gasteiger partial charge in [0.1, 0.15) is 5.25 Å². The minimum absolute atomic E-state index is 0.119. The van der Waals surface area contributed by atoms with Crippen molar-refractivity contribution >= 4 is 15.7 Å². The molecule has 2 N–H and O–H groups in total. The monoisotopic (exact) mass is 258 g/mol. The molecular formula is C11H18N2O3S. The molecule has 0 amide bonds. The van der Waals surface area contributed by atoms with Crippen molar-refractivity contribution in [1.29, 1.82) is 0 Å². The van der Waals surface area contributed by atoms with Crippen LogP contribution in [-0.2, 0) is 9.84 Å². The number of sulfone groups is 1. The number of nitrogens with two attached hydrogens (primary N) is 1. The quantitative estimate of drug-likeness (QED) is 0.877. The molecule has 0 aliphatic carbocycles. The number of rotatable bonds is 2. The number of anilines is 1. The van der Waals surface area contributed by atoms with Crippen LogP contribution in [0.3, 0.4) is 0 Å². The molecule has 0 bridgehead atoms. The minimum atomic E-state index is -3.11. The van der Waals surface area contributed by atoms with E-state index in [9.17, 15) is 8.42 Å². The Morgan fingerprint density at radius 1 is 1.41 bits per heavy atom. The summed E-state index contributed by atoms with van der Waals surface area (Å²) in [6.45, 7) is 3.92. The second-order valence-electron chi connectivity index (χ2n) is 4.85. The van der Waals surface area contributed by atoms with E-state index in [4.69, 9.17) is 10.3 Å². The van der Waals surface area contributed by atoms with E-state index in [1.807, 2.05) is 13.8 Å². The summed E-state index contributed by atoms with van der Waals surface area (Å²) in [4.78, 5) is 0. The van der Waals surface area contributed by atoms with Crippen LogP contribution in [0.1, 0.15) is 55.6 Å². The van der Waals surface area contributed by atoms with Crippen molar-refractivity contribution in [2.45, 2.75) is 44.3 Å². The lowest BCUT2D eigenvalue weighted by atomic mass is 10.00. The van der Waals surface area contributed by atoms with Gasteiger partial charge in [0, 0.05) is 5.56 Å². The molecule has 2 heterocycles. The zero-order valence-corrected chi connectivity index (χ0v) is 11.0. The van der Waals surface area contributed by atoms with Crippen molar-refractivity contribution in [3.63, 3.8) is 0 Å². The summed E-state index contributed by atoms with van der Waals surface area (Å²) in [6, 6.07) is 0. The maximum Gasteiger partial charge on any atom is 0.170 e. The third-order valence-corrected chi connectivity index (χ3v) is 5.41. The number of aromatic nitrogens is 1. The van der Waals surface area contributed by atoms with Gasteiger partial charge in [-0.3, -0.25) is 0 Å². The van der Waals surface area contributed by atoms with Gasteiger partial charge in [0.05, 0.1) is 5.75 Å². The van der Waals surface area contributed by atoms with Gasteiger partial charge in [0.15, 0.2) is 21.4 Å². The maximum absolute atomic E-state index is 12.0. The summed E-state index contributed by atoms with van der Waals surface area (Å²) in [6.07, 6.45) is 2.25. The third kappa shape index (κ3) is 2.18. The van der Waals surface area contributed by atoms with E-state index < -0.39 is 15.1 Å². The third-order valence-electron chi connectivity index (χ3n) is 3.23. The first kappa shape index (κ1) is 12.4. The molecule has 1 fully saturated rings. The Morgan fingerprint density at radius 2 is 2.12 bits per heavy atom. The Kier molecular flexibility index (Phi) is 3.16. The molecule has 1 aromatic heterocycles. The number of nitrogens with zero attached hydrogens (tertiary/aromatic N) is 1. The summed E-state index contributed by atoms with van der Waals surface area (Å²) in [7, 11) is -3.11. The lowest BCUT2D eigenvalue weighted by Crippen LogP contribution is -2.22. The van der Waals surface area contributed by atoms with E-state index in [1.165, 1.54) is 0 Å². The normalized spacial score (nSPS) is 24.1. The van der Waals surface area contributed by atoms with Gasteiger partial charge in [-0.2, -0.15) is 0 Å². The molecular weight excluding hydrogens is 240 g/mol. The Morgan fingerprint density at radius 3 is 2.71 bits per heavy atom. The van der Waals surface area contributed by atoms with Gasteiger partial charge in [-0.15, -0.1) is 0 Å². The van der Waals surface area contributed by atoms with Crippen molar-refractivity contribution in [2.24, 2.45) is 0 Å². The van der Waals surface area contributed by atoms with E-state index in [0.717, 1.165) is 18.4 Å². The highest BCUT2D eigenvalue weighted by Gasteiger charge is 2.36. The molecule has 1 atom stereocenters. The van der Waals surface area contributed by atoms with Gasteiger partial charge < -0.3 is 10.3 Å². The van der Waals surface area contributed by atoms with Crippen LogP contribution in [0.4, 0.5) is 5.82 Å². The summed E-state index contributed by atoms with van der Waals surface area (Å²) >= 11 is 0. The number of hydrogen-bond donors (Lipinski definition) is 1. The standard InChI is InChI=1S/C11H18N2O3S/c1-7(2)9-10(16-13-11(9)12)8-5-3-4-6-17(8,14)15/h7-8H,3-6H2,1-2H3,(H2,12,13). The molecule has 2 rings (SSSR count). The topological polar surface area (TPSA) is 86.2 Å². The molecule has 5 nitrogen and oxygen atoms in total. The Bertz CT molecular complexity index is 505. The Balaban J connectivity index is 2.46. The van der Waals surface area contributed by atoms with Crippen molar-refractivity contribution in [3.8, 4) is 0 Å². The fourth-order valence-corrected chi connectivity index (χ4v) is 4.30. The highest BCUT2D eigenvalue weighted by Crippen LogP contribution is 2.39. The van der Waals surface area contributed by atoms with Crippen LogP contribution >= 0.6 is 0 Å². The minimum Gasteiger partial charge on any atom is -0.381 e. The van der Waals surface area contributed by atoms with Gasteiger partial charge >= 0.3 is 0 Å². The van der Waals surface area contributed by atoms with E-state index in [1.54, 1.807) is 0 Å². The smallest absolute Gasteiger partial charge is 0.170 e. The Hall–Kier alpha value is -1.04. The fraction of sp³-hybridized carbons (Fsp3) is 0.727. The summed E-state index contributed by atoms with van der Waals surface area (Å²) in [5.74, 6) is 1.12. The highest BCUT2D eigenvalue weighted by atomic mass is 32.2. The van der Waals surface area contributed by atoms with Crippen LogP contribution in [0.15, 0.2) is 4.52 Å². The highest BCUT2D eigenvalue weighted by molar-refractivity contribution is 7.91. The van der Waals surface area contributed by atoms with Gasteiger partial charge in [0.2, 0.25) is 0 Å². The molecule has 1 saturated heterocycles. The van der Waals surface area contributed by atoms with E-state index in [0.29, 0.717) is 18.0 Å². The van der Waals surface area contributed by atoms with Crippen LogP contribution in [0.2, 0.25) is 0 Å². The molecule has 1 unspecified atom stereocenters. The molecule has 0 saturated carbocycles. The van der Waals surface area contributed by atoms with E-state index in [2.05, 4.69) is 5.16 Å². The fourth-order valence-electron chi connectivity index (χ4n) is 2.38. The van der Waals surface area contributed by atoms with Crippen LogP contribution in [0.5, 0.6) is 0 Å². The van der Waals surface area contributed by atoms with Crippen molar-refractivity contribution in [1.82, 2.24) is 5.16 Å². The van der Waals surface area contributed by atoms with Gasteiger partial charge in [0.25, 0.3) is 0 Å². The average Bonchev–Trinajstić information content (AvgIpc) is 2.59. The van der Waals surface area contributed by atoms with Crippen LogP contribution in [-0.4, -0.2) is 19.3 Å². The number of hydrogen-bond acceptors (Lipinski definition) is 5. The van der Waals surface area contributed by atoms with Crippen molar-refractivity contribution in [3.05, 3.63) is 11.3 Å². The van der Waals surface area contributed by atoms with Gasteiger partial charge in [-0.05, 0) is 18.8 Å². The zero-order valence-electron chi connectivity index (χ0n) is 10.1. The first-order valence-electron chi connectivity index (χ1n) is 5.90. The first-order chi connectivity index (χ1) is 7.93. The Labute approximate surface area is 101 Å². The molecule has 6 heteroatoms. The first-order valence-corrected chi connectivity index (χ1v) is 7.61. The predicted octanol–water partition coefficient (Wildman–Crippen LogP) is 2.02. The SMILES string of the molecule is CC(C)c1c(N)noc1C1CCCCS1(=O)=O. The second kappa shape index (κ2) is 4.33. The van der Waals surface area contributed by atoms with E-state index in [-0.39, 0.29) is 11.7 Å². The van der Waals surface area contributed by atoms with Gasteiger partial charge in [-0.25, -0.2) is 8.42 Å². The largest absolute Gasteiger partial charge is 0.381 e. The summed E-state index contributed by atoms with van der Waals surface area (Å²) in [5.41, 5.74) is 6.49. The molecule has 0 aromatic carbocycles.